The van der Waals surface area contributed by atoms with Gasteiger partial charge < -0.3 is 10.6 Å². The summed E-state index contributed by atoms with van der Waals surface area (Å²) in [6.07, 6.45) is 7.47. The third-order valence-electron chi connectivity index (χ3n) is 4.29. The quantitative estimate of drug-likeness (QED) is 0.659. The SMILES string of the molecule is Cc1cccc(NC(=O)/C(C#N)=C\NC2CCCCC2)c1C. The minimum atomic E-state index is -0.362. The second kappa shape index (κ2) is 7.65. The molecule has 2 rings (SSSR count). The van der Waals surface area contributed by atoms with Crippen LogP contribution in [0.1, 0.15) is 43.2 Å². The molecule has 1 aromatic rings. The van der Waals surface area contributed by atoms with Gasteiger partial charge in [-0.05, 0) is 43.9 Å². The second-order valence-corrected chi connectivity index (χ2v) is 5.87. The third-order valence-corrected chi connectivity index (χ3v) is 4.29. The Morgan fingerprint density at radius 1 is 1.27 bits per heavy atom. The Bertz CT molecular complexity index is 607. The Morgan fingerprint density at radius 3 is 2.68 bits per heavy atom. The molecule has 1 aliphatic carbocycles. The molecular formula is C18H23N3O. The lowest BCUT2D eigenvalue weighted by molar-refractivity contribution is -0.112. The van der Waals surface area contributed by atoms with Crippen LogP contribution in [-0.2, 0) is 4.79 Å². The Kier molecular flexibility index (Phi) is 5.60. The molecule has 0 saturated heterocycles. The molecule has 22 heavy (non-hydrogen) atoms. The number of benzene rings is 1. The number of anilines is 1. The van der Waals surface area contributed by atoms with Gasteiger partial charge in [-0.2, -0.15) is 5.26 Å². The summed E-state index contributed by atoms with van der Waals surface area (Å²) in [6.45, 7) is 3.96. The van der Waals surface area contributed by atoms with Crippen LogP contribution in [0.5, 0.6) is 0 Å². The highest BCUT2D eigenvalue weighted by Gasteiger charge is 2.14. The fourth-order valence-electron chi connectivity index (χ4n) is 2.70. The van der Waals surface area contributed by atoms with Crippen molar-refractivity contribution in [2.24, 2.45) is 0 Å². The summed E-state index contributed by atoms with van der Waals surface area (Å²) in [5, 5.41) is 15.2. The fourth-order valence-corrected chi connectivity index (χ4v) is 2.70. The number of rotatable bonds is 4. The zero-order valence-corrected chi connectivity index (χ0v) is 13.3. The average molecular weight is 297 g/mol. The van der Waals surface area contributed by atoms with Crippen LogP contribution in [0.15, 0.2) is 30.0 Å². The van der Waals surface area contributed by atoms with Crippen molar-refractivity contribution >= 4 is 11.6 Å². The van der Waals surface area contributed by atoms with Crippen molar-refractivity contribution in [1.82, 2.24) is 5.32 Å². The molecule has 0 bridgehead atoms. The van der Waals surface area contributed by atoms with Crippen LogP contribution in [0.4, 0.5) is 5.69 Å². The summed E-state index contributed by atoms with van der Waals surface area (Å²) >= 11 is 0. The molecule has 0 spiro atoms. The molecule has 2 N–H and O–H groups in total. The van der Waals surface area contributed by atoms with Crippen LogP contribution >= 0.6 is 0 Å². The van der Waals surface area contributed by atoms with Crippen molar-refractivity contribution in [3.63, 3.8) is 0 Å². The Labute approximate surface area is 132 Å². The predicted octanol–water partition coefficient (Wildman–Crippen LogP) is 3.57. The smallest absolute Gasteiger partial charge is 0.267 e. The maximum absolute atomic E-state index is 12.2. The van der Waals surface area contributed by atoms with Crippen LogP contribution in [0.25, 0.3) is 0 Å². The number of hydrogen-bond donors (Lipinski definition) is 2. The van der Waals surface area contributed by atoms with Gasteiger partial charge in [0.2, 0.25) is 0 Å². The van der Waals surface area contributed by atoms with Gasteiger partial charge >= 0.3 is 0 Å². The van der Waals surface area contributed by atoms with E-state index in [0.29, 0.717) is 6.04 Å². The van der Waals surface area contributed by atoms with E-state index in [1.54, 1.807) is 6.20 Å². The molecule has 0 unspecified atom stereocenters. The van der Waals surface area contributed by atoms with E-state index in [9.17, 15) is 10.1 Å². The zero-order chi connectivity index (χ0) is 15.9. The highest BCUT2D eigenvalue weighted by molar-refractivity contribution is 6.06. The lowest BCUT2D eigenvalue weighted by Crippen LogP contribution is -2.28. The molecule has 1 saturated carbocycles. The fraction of sp³-hybridized carbons (Fsp3) is 0.444. The van der Waals surface area contributed by atoms with E-state index in [2.05, 4.69) is 10.6 Å². The predicted molar refractivity (Wildman–Crippen MR) is 88.3 cm³/mol. The number of amides is 1. The van der Waals surface area contributed by atoms with Gasteiger partial charge in [0.15, 0.2) is 0 Å². The third kappa shape index (κ3) is 4.11. The van der Waals surface area contributed by atoms with Crippen molar-refractivity contribution in [2.45, 2.75) is 52.0 Å². The molecule has 4 heteroatoms. The number of nitrogens with one attached hydrogen (secondary N) is 2. The molecule has 0 atom stereocenters. The van der Waals surface area contributed by atoms with Gasteiger partial charge in [0, 0.05) is 17.9 Å². The topological polar surface area (TPSA) is 64.9 Å². The minimum Gasteiger partial charge on any atom is -0.387 e. The van der Waals surface area contributed by atoms with Gasteiger partial charge in [-0.1, -0.05) is 31.4 Å². The molecule has 0 heterocycles. The summed E-state index contributed by atoms with van der Waals surface area (Å²) in [4.78, 5) is 12.2. The Hall–Kier alpha value is -2.28. The number of nitrogens with zero attached hydrogens (tertiary/aromatic N) is 1. The van der Waals surface area contributed by atoms with Gasteiger partial charge in [0.25, 0.3) is 5.91 Å². The van der Waals surface area contributed by atoms with Gasteiger partial charge in [-0.25, -0.2) is 0 Å². The first-order valence-corrected chi connectivity index (χ1v) is 7.85. The maximum Gasteiger partial charge on any atom is 0.267 e. The van der Waals surface area contributed by atoms with Crippen molar-refractivity contribution < 1.29 is 4.79 Å². The van der Waals surface area contributed by atoms with Crippen molar-refractivity contribution in [3.8, 4) is 6.07 Å². The molecule has 0 aromatic heterocycles. The Balaban J connectivity index is 2.02. The van der Waals surface area contributed by atoms with Crippen LogP contribution in [0.2, 0.25) is 0 Å². The number of carbonyl (C=O) groups is 1. The van der Waals surface area contributed by atoms with Gasteiger partial charge in [-0.15, -0.1) is 0 Å². The van der Waals surface area contributed by atoms with Crippen LogP contribution in [0, 0.1) is 25.2 Å². The highest BCUT2D eigenvalue weighted by atomic mass is 16.1. The van der Waals surface area contributed by atoms with E-state index in [1.807, 2.05) is 38.1 Å². The van der Waals surface area contributed by atoms with Gasteiger partial charge in [-0.3, -0.25) is 4.79 Å². The highest BCUT2D eigenvalue weighted by Crippen LogP contribution is 2.19. The van der Waals surface area contributed by atoms with E-state index >= 15 is 0 Å². The zero-order valence-electron chi connectivity index (χ0n) is 13.3. The van der Waals surface area contributed by atoms with E-state index in [4.69, 9.17) is 0 Å². The summed E-state index contributed by atoms with van der Waals surface area (Å²) in [5.41, 5.74) is 3.00. The standard InChI is InChI=1S/C18H23N3O/c1-13-7-6-10-17(14(13)2)21-18(22)15(11-19)12-20-16-8-4-3-5-9-16/h6-7,10,12,16,20H,3-5,8-9H2,1-2H3,(H,21,22)/b15-12-. The van der Waals surface area contributed by atoms with Crippen molar-refractivity contribution in [1.29, 1.82) is 5.26 Å². The van der Waals surface area contributed by atoms with Crippen LogP contribution in [-0.4, -0.2) is 11.9 Å². The van der Waals surface area contributed by atoms with Crippen LogP contribution < -0.4 is 10.6 Å². The van der Waals surface area contributed by atoms with Crippen molar-refractivity contribution in [3.05, 3.63) is 41.1 Å². The maximum atomic E-state index is 12.2. The molecule has 1 aliphatic rings. The summed E-state index contributed by atoms with van der Waals surface area (Å²) < 4.78 is 0. The average Bonchev–Trinajstić information content (AvgIpc) is 2.53. The van der Waals surface area contributed by atoms with Gasteiger partial charge in [0.05, 0.1) is 0 Å². The number of carbonyl (C=O) groups excluding carboxylic acids is 1. The molecule has 0 radical (unpaired) electrons. The lowest BCUT2D eigenvalue weighted by Gasteiger charge is -2.21. The molecule has 1 aromatic carbocycles. The molecule has 116 valence electrons. The summed E-state index contributed by atoms with van der Waals surface area (Å²) in [6, 6.07) is 8.11. The van der Waals surface area contributed by atoms with E-state index in [-0.39, 0.29) is 11.5 Å². The monoisotopic (exact) mass is 297 g/mol. The second-order valence-electron chi connectivity index (χ2n) is 5.87. The summed E-state index contributed by atoms with van der Waals surface area (Å²) in [5.74, 6) is -0.362. The number of nitriles is 1. The van der Waals surface area contributed by atoms with Gasteiger partial charge in [0.1, 0.15) is 11.6 Å². The Morgan fingerprint density at radius 2 is 2.00 bits per heavy atom. The number of aryl methyl sites for hydroxylation is 1. The minimum absolute atomic E-state index is 0.117. The van der Waals surface area contributed by atoms with E-state index in [1.165, 1.54) is 19.3 Å². The number of hydrogen-bond acceptors (Lipinski definition) is 3. The van der Waals surface area contributed by atoms with Crippen molar-refractivity contribution in [2.75, 3.05) is 5.32 Å². The largest absolute Gasteiger partial charge is 0.387 e. The summed E-state index contributed by atoms with van der Waals surface area (Å²) in [7, 11) is 0. The normalized spacial score (nSPS) is 16.0. The van der Waals surface area contributed by atoms with Crippen LogP contribution in [0.3, 0.4) is 0 Å². The first-order valence-electron chi connectivity index (χ1n) is 7.85. The van der Waals surface area contributed by atoms with E-state index in [0.717, 1.165) is 29.7 Å². The molecular weight excluding hydrogens is 274 g/mol. The van der Waals surface area contributed by atoms with E-state index < -0.39 is 0 Å². The molecule has 4 nitrogen and oxygen atoms in total. The molecule has 1 amide bonds. The lowest BCUT2D eigenvalue weighted by atomic mass is 9.96. The molecule has 1 fully saturated rings. The molecule has 0 aliphatic heterocycles. The first-order chi connectivity index (χ1) is 10.6. The first kappa shape index (κ1) is 16.1.